The Morgan fingerprint density at radius 3 is 2.50 bits per heavy atom. The van der Waals surface area contributed by atoms with Crippen LogP contribution in [0.15, 0.2) is 54.6 Å². The molecule has 0 radical (unpaired) electrons. The molecule has 0 aliphatic carbocycles. The average molecular weight is 695 g/mol. The number of aliphatic hydroxyl groups is 1. The first-order valence-corrected chi connectivity index (χ1v) is 17.8. The summed E-state index contributed by atoms with van der Waals surface area (Å²) in [6.45, 7) is 7.46. The predicted molar refractivity (Wildman–Crippen MR) is 181 cm³/mol. The summed E-state index contributed by atoms with van der Waals surface area (Å²) in [5.41, 5.74) is -0.777. The van der Waals surface area contributed by atoms with E-state index in [0.717, 1.165) is 13.1 Å². The summed E-state index contributed by atoms with van der Waals surface area (Å²) in [6, 6.07) is 6.59. The topological polar surface area (TPSA) is 147 Å². The first-order valence-electron chi connectivity index (χ1n) is 17.8. The molecule has 0 unspecified atom stereocenters. The van der Waals surface area contributed by atoms with Crippen molar-refractivity contribution in [1.82, 2.24) is 20.0 Å². The second kappa shape index (κ2) is 15.7. The van der Waals surface area contributed by atoms with E-state index in [1.165, 1.54) is 12.0 Å². The zero-order chi connectivity index (χ0) is 35.4. The molecule has 2 N–H and O–H groups in total. The lowest BCUT2D eigenvalue weighted by Gasteiger charge is -2.40. The minimum atomic E-state index is -1.43. The second-order valence-electron chi connectivity index (χ2n) is 14.1. The van der Waals surface area contributed by atoms with Gasteiger partial charge in [-0.25, -0.2) is 0 Å². The molecule has 5 bridgehead atoms. The molecule has 272 valence electrons. The first kappa shape index (κ1) is 36.2. The Balaban J connectivity index is 1.41. The Bertz CT molecular complexity index is 1450. The van der Waals surface area contributed by atoms with Crippen LogP contribution in [0, 0.1) is 17.8 Å². The Kier molecular flexibility index (Phi) is 11.4. The summed E-state index contributed by atoms with van der Waals surface area (Å²) >= 11 is 0. The van der Waals surface area contributed by atoms with Crippen LogP contribution in [-0.4, -0.2) is 140 Å². The number of aliphatic hydroxyl groups excluding tert-OH is 1. The number of ether oxygens (including phenoxy) is 4. The maximum absolute atomic E-state index is 14.9. The Morgan fingerprint density at radius 2 is 1.80 bits per heavy atom. The van der Waals surface area contributed by atoms with Crippen molar-refractivity contribution in [2.24, 2.45) is 17.8 Å². The van der Waals surface area contributed by atoms with Gasteiger partial charge in [-0.05, 0) is 17.9 Å². The molecule has 8 atom stereocenters. The summed E-state index contributed by atoms with van der Waals surface area (Å²) in [7, 11) is 1.51. The maximum atomic E-state index is 14.9. The molecule has 3 amide bonds. The maximum Gasteiger partial charge on any atom is 0.313 e. The van der Waals surface area contributed by atoms with E-state index < -0.39 is 59.6 Å². The highest BCUT2D eigenvalue weighted by Gasteiger charge is 2.74. The summed E-state index contributed by atoms with van der Waals surface area (Å²) in [5, 5.41) is 13.6. The molecule has 1 aromatic carbocycles. The third kappa shape index (κ3) is 6.98. The number of nitrogens with one attached hydrogen (secondary N) is 1. The Labute approximate surface area is 293 Å². The van der Waals surface area contributed by atoms with E-state index >= 15 is 0 Å². The van der Waals surface area contributed by atoms with Gasteiger partial charge in [-0.2, -0.15) is 0 Å². The zero-order valence-corrected chi connectivity index (χ0v) is 29.1. The van der Waals surface area contributed by atoms with Gasteiger partial charge in [0.25, 0.3) is 0 Å². The largest absolute Gasteiger partial charge is 0.455 e. The van der Waals surface area contributed by atoms with Gasteiger partial charge in [0.05, 0.1) is 50.5 Å². The summed E-state index contributed by atoms with van der Waals surface area (Å²) in [6.07, 6.45) is 6.15. The number of nitrogens with zero attached hydrogens (tertiary/aromatic N) is 3. The second-order valence-corrected chi connectivity index (χ2v) is 14.1. The monoisotopic (exact) mass is 694 g/mol. The van der Waals surface area contributed by atoms with Crippen molar-refractivity contribution in [3.05, 3.63) is 60.2 Å². The number of hydrogen-bond donors (Lipinski definition) is 2. The summed E-state index contributed by atoms with van der Waals surface area (Å²) in [5.74, 6) is -3.95. The lowest BCUT2D eigenvalue weighted by atomic mass is 9.74. The highest BCUT2D eigenvalue weighted by atomic mass is 16.6. The standard InChI is InChI=1S/C37H50N4O9/c1-24(2)27(22-42)41-33-35(45)40(17-16-39-18-20-48-21-19-39)15-9-5-8-12-29(43)38-26(23-47-3)32(25-10-6-4-7-11-25)49-36(46)30-28-13-14-37(33,50-28)31(30)34(41)44/h4-7,9-11,13-14,24,26-28,30-33,42H,8,12,15-23H2,1-3H3,(H,38,43)/b9-5-/t26-,27-,28+,30-,31-,32-,33+,37-/m0/s1. The number of allylic oxidation sites excluding steroid dienone is 1. The van der Waals surface area contributed by atoms with Crippen LogP contribution in [0.25, 0.3) is 0 Å². The number of benzene rings is 1. The van der Waals surface area contributed by atoms with E-state index in [1.807, 2.05) is 56.3 Å². The molecule has 0 saturated carbocycles. The van der Waals surface area contributed by atoms with Gasteiger partial charge in [0.1, 0.15) is 23.7 Å². The minimum absolute atomic E-state index is 0.0697. The van der Waals surface area contributed by atoms with Crippen molar-refractivity contribution in [3.63, 3.8) is 0 Å². The Morgan fingerprint density at radius 1 is 1.04 bits per heavy atom. The number of morpholine rings is 1. The number of carbonyl (C=O) groups is 4. The quantitative estimate of drug-likeness (QED) is 0.285. The molecule has 13 nitrogen and oxygen atoms in total. The van der Waals surface area contributed by atoms with Gasteiger partial charge < -0.3 is 39.2 Å². The average Bonchev–Trinajstić information content (AvgIpc) is 3.76. The molecule has 5 aliphatic heterocycles. The SMILES string of the molecule is COC[C@@H]1NC(=O)CC/C=C\CN(CCN2CCOCC2)C(=O)[C@H]2N([C@@H](CO)C(C)C)C(=O)[C@@H]3[C@@H](C(=O)O[C@H]1c1ccccc1)[C@H]1C=C[C@]32O1. The smallest absolute Gasteiger partial charge is 0.313 e. The van der Waals surface area contributed by atoms with Crippen LogP contribution in [0.3, 0.4) is 0 Å². The molecule has 0 aromatic heterocycles. The van der Waals surface area contributed by atoms with E-state index in [4.69, 9.17) is 18.9 Å². The summed E-state index contributed by atoms with van der Waals surface area (Å²) < 4.78 is 23.9. The number of rotatable bonds is 9. The number of esters is 1. The summed E-state index contributed by atoms with van der Waals surface area (Å²) in [4.78, 5) is 62.7. The van der Waals surface area contributed by atoms with Crippen LogP contribution in [0.2, 0.25) is 0 Å². The van der Waals surface area contributed by atoms with E-state index in [1.54, 1.807) is 17.1 Å². The fraction of sp³-hybridized carbons (Fsp3) is 0.622. The minimum Gasteiger partial charge on any atom is -0.455 e. The van der Waals surface area contributed by atoms with Crippen LogP contribution < -0.4 is 5.32 Å². The molecule has 5 aliphatic rings. The normalized spacial score (nSPS) is 33.5. The van der Waals surface area contributed by atoms with Crippen LogP contribution in [0.1, 0.15) is 38.4 Å². The van der Waals surface area contributed by atoms with Crippen molar-refractivity contribution < 1.29 is 43.2 Å². The third-order valence-corrected chi connectivity index (χ3v) is 10.7. The van der Waals surface area contributed by atoms with Crippen LogP contribution in [0.4, 0.5) is 0 Å². The van der Waals surface area contributed by atoms with Gasteiger partial charge in [-0.15, -0.1) is 0 Å². The number of carbonyl (C=O) groups excluding carboxylic acids is 4. The van der Waals surface area contributed by atoms with Gasteiger partial charge in [-0.3, -0.25) is 24.1 Å². The van der Waals surface area contributed by atoms with Crippen molar-refractivity contribution in [2.45, 2.75) is 62.6 Å². The van der Waals surface area contributed by atoms with Gasteiger partial charge >= 0.3 is 5.97 Å². The lowest BCUT2D eigenvalue weighted by Crippen LogP contribution is -2.60. The van der Waals surface area contributed by atoms with Crippen molar-refractivity contribution in [3.8, 4) is 0 Å². The van der Waals surface area contributed by atoms with Crippen LogP contribution >= 0.6 is 0 Å². The number of fused-ring (bicyclic) bond motifs is 2. The highest BCUT2D eigenvalue weighted by Crippen LogP contribution is 2.56. The van der Waals surface area contributed by atoms with Gasteiger partial charge in [0, 0.05) is 46.3 Å². The molecule has 3 fully saturated rings. The van der Waals surface area contributed by atoms with Crippen molar-refractivity contribution >= 4 is 23.7 Å². The Hall–Kier alpha value is -3.62. The van der Waals surface area contributed by atoms with E-state index in [0.29, 0.717) is 38.3 Å². The molecule has 5 heterocycles. The molecule has 3 saturated heterocycles. The molecule has 13 heteroatoms. The van der Waals surface area contributed by atoms with E-state index in [9.17, 15) is 24.3 Å². The van der Waals surface area contributed by atoms with Crippen LogP contribution in [-0.2, 0) is 38.1 Å². The van der Waals surface area contributed by atoms with Crippen molar-refractivity contribution in [2.75, 3.05) is 66.3 Å². The number of methoxy groups -OCH3 is 1. The molecule has 6 rings (SSSR count). The fourth-order valence-corrected chi connectivity index (χ4v) is 8.11. The van der Waals surface area contributed by atoms with Gasteiger partial charge in [0.2, 0.25) is 17.7 Å². The molecule has 50 heavy (non-hydrogen) atoms. The van der Waals surface area contributed by atoms with Crippen molar-refractivity contribution in [1.29, 1.82) is 0 Å². The number of cyclic esters (lactones) is 1. The van der Waals surface area contributed by atoms with Gasteiger partial charge in [0.15, 0.2) is 0 Å². The van der Waals surface area contributed by atoms with E-state index in [2.05, 4.69) is 10.2 Å². The highest BCUT2D eigenvalue weighted by molar-refractivity contribution is 5.99. The molecular formula is C37H50N4O9. The molecule has 1 spiro atoms. The molecule has 1 aromatic rings. The van der Waals surface area contributed by atoms with E-state index in [-0.39, 0.29) is 43.9 Å². The van der Waals surface area contributed by atoms with Gasteiger partial charge in [-0.1, -0.05) is 68.5 Å². The third-order valence-electron chi connectivity index (χ3n) is 10.7. The number of amides is 3. The zero-order valence-electron chi connectivity index (χ0n) is 29.1. The number of hydrogen-bond acceptors (Lipinski definition) is 10. The van der Waals surface area contributed by atoms with Crippen LogP contribution in [0.5, 0.6) is 0 Å². The molecular weight excluding hydrogens is 644 g/mol. The fourth-order valence-electron chi connectivity index (χ4n) is 8.11. The number of likely N-dealkylation sites (tertiary alicyclic amines) is 1. The predicted octanol–water partition coefficient (Wildman–Crippen LogP) is 1.08. The lowest BCUT2D eigenvalue weighted by molar-refractivity contribution is -0.163. The first-order chi connectivity index (χ1) is 24.2.